The number of para-hydroxylation sites is 4. The lowest BCUT2D eigenvalue weighted by Crippen LogP contribution is -2.39. The van der Waals surface area contributed by atoms with Gasteiger partial charge in [0.1, 0.15) is 0 Å². The Labute approximate surface area is 235 Å². The lowest BCUT2D eigenvalue weighted by molar-refractivity contribution is -0.169. The monoisotopic (exact) mass is 578 g/mol. The summed E-state index contributed by atoms with van der Waals surface area (Å²) in [7, 11) is 0. The summed E-state index contributed by atoms with van der Waals surface area (Å²) >= 11 is 0. The number of carbonyl (C=O) groups is 2. The lowest BCUT2D eigenvalue weighted by atomic mass is 9.49. The van der Waals surface area contributed by atoms with E-state index < -0.39 is 47.8 Å². The van der Waals surface area contributed by atoms with Crippen LogP contribution in [0.3, 0.4) is 0 Å². The van der Waals surface area contributed by atoms with E-state index in [4.69, 9.17) is 0 Å². The topological polar surface area (TPSA) is 40.6 Å². The van der Waals surface area contributed by atoms with Crippen molar-refractivity contribution in [3.05, 3.63) is 119 Å². The largest absolute Gasteiger partial charge is 0.472 e. The summed E-state index contributed by atoms with van der Waals surface area (Å²) in [6.45, 7) is 0. The zero-order valence-electron chi connectivity index (χ0n) is 21.5. The summed E-state index contributed by atoms with van der Waals surface area (Å²) < 4.78 is 84.0. The first-order valence-corrected chi connectivity index (χ1v) is 13.2. The minimum Gasteiger partial charge on any atom is -0.273 e. The number of nitrogens with zero attached hydrogens (tertiary/aromatic N) is 2. The van der Waals surface area contributed by atoms with E-state index in [0.717, 1.165) is 0 Å². The van der Waals surface area contributed by atoms with Crippen molar-refractivity contribution in [2.75, 3.05) is 9.80 Å². The molecule has 4 aromatic rings. The Morgan fingerprint density at radius 2 is 0.643 bits per heavy atom. The second-order valence-corrected chi connectivity index (χ2v) is 10.6. The summed E-state index contributed by atoms with van der Waals surface area (Å²) in [6, 6.07) is 25.4. The van der Waals surface area contributed by atoms with Crippen LogP contribution in [0.4, 0.5) is 49.1 Å². The van der Waals surface area contributed by atoms with Crippen LogP contribution in [0.15, 0.2) is 97.1 Å². The van der Waals surface area contributed by atoms with E-state index in [1.54, 1.807) is 72.8 Å². The molecule has 42 heavy (non-hydrogen) atoms. The molecule has 0 N–H and O–H groups in total. The average Bonchev–Trinajstić information content (AvgIpc) is 3.11. The van der Waals surface area contributed by atoms with Crippen molar-refractivity contribution in [1.82, 2.24) is 0 Å². The molecule has 0 saturated heterocycles. The Balaban J connectivity index is 1.54. The van der Waals surface area contributed by atoms with Crippen molar-refractivity contribution >= 4 is 34.6 Å². The van der Waals surface area contributed by atoms with Crippen molar-refractivity contribution in [2.24, 2.45) is 0 Å². The fourth-order valence-corrected chi connectivity index (χ4v) is 7.14. The Morgan fingerprint density at radius 3 is 0.857 bits per heavy atom. The molecule has 0 radical (unpaired) electrons. The standard InChI is InChI=1S/C32H20F6N2O2/c33-31(34,35)29(41)39-21-13-5-1-9-17(21)25-26(18-10-2-6-14-22(18)39)28-20-12-4-8-16-24(20)40(30(42)32(36,37)38)23-15-7-3-11-19(23)27(25)28/h1-16,25-28H. The third-order valence-corrected chi connectivity index (χ3v) is 8.59. The van der Waals surface area contributed by atoms with Gasteiger partial charge in [0.05, 0.1) is 22.7 Å². The Hall–Kier alpha value is -4.60. The molecule has 10 heteroatoms. The SMILES string of the molecule is O=C(N1c2ccccc2C2C(c3ccccc31)C1c3ccccc3N(C(=O)C(F)(F)F)c3ccccc3C21)C(F)(F)F. The third-order valence-electron chi connectivity index (χ3n) is 8.59. The average molecular weight is 579 g/mol. The van der Waals surface area contributed by atoms with E-state index in [1.165, 1.54) is 24.3 Å². The molecule has 1 saturated carbocycles. The van der Waals surface area contributed by atoms with Crippen LogP contribution in [-0.4, -0.2) is 24.2 Å². The van der Waals surface area contributed by atoms with Crippen molar-refractivity contribution in [2.45, 2.75) is 36.0 Å². The molecular formula is C32H20F6N2O2. The van der Waals surface area contributed by atoms with Gasteiger partial charge in [-0.05, 0) is 46.5 Å². The first-order valence-electron chi connectivity index (χ1n) is 13.2. The number of amides is 2. The fourth-order valence-electron chi connectivity index (χ4n) is 7.14. The maximum absolute atomic E-state index is 14.0. The molecule has 3 aliphatic rings. The highest BCUT2D eigenvalue weighted by atomic mass is 19.4. The highest BCUT2D eigenvalue weighted by molar-refractivity contribution is 6.07. The van der Waals surface area contributed by atoms with Gasteiger partial charge < -0.3 is 0 Å². The van der Waals surface area contributed by atoms with E-state index >= 15 is 0 Å². The highest BCUT2D eigenvalue weighted by Gasteiger charge is 2.60. The van der Waals surface area contributed by atoms with Gasteiger partial charge in [-0.2, -0.15) is 26.3 Å². The fraction of sp³-hybridized carbons (Fsp3) is 0.188. The molecule has 0 atom stereocenters. The zero-order chi connectivity index (χ0) is 29.6. The van der Waals surface area contributed by atoms with Crippen molar-refractivity contribution in [3.63, 3.8) is 0 Å². The summed E-state index contributed by atoms with van der Waals surface area (Å²) in [5.41, 5.74) is 2.16. The smallest absolute Gasteiger partial charge is 0.273 e. The van der Waals surface area contributed by atoms with Gasteiger partial charge in [-0.1, -0.05) is 72.8 Å². The molecule has 0 spiro atoms. The quantitative estimate of drug-likeness (QED) is 0.197. The number of carbonyl (C=O) groups excluding carboxylic acids is 2. The molecule has 4 nitrogen and oxygen atoms in total. The molecule has 0 unspecified atom stereocenters. The molecule has 0 bridgehead atoms. The Bertz CT molecular complexity index is 1520. The zero-order valence-corrected chi connectivity index (χ0v) is 21.5. The van der Waals surface area contributed by atoms with Crippen LogP contribution in [0.2, 0.25) is 0 Å². The van der Waals surface area contributed by atoms with Crippen LogP contribution in [0, 0.1) is 0 Å². The molecular weight excluding hydrogens is 558 g/mol. The van der Waals surface area contributed by atoms with Gasteiger partial charge in [0.15, 0.2) is 0 Å². The molecule has 2 amide bonds. The third kappa shape index (κ3) is 3.63. The minimum atomic E-state index is -5.16. The van der Waals surface area contributed by atoms with E-state index in [2.05, 4.69) is 0 Å². The van der Waals surface area contributed by atoms with Gasteiger partial charge in [0.2, 0.25) is 0 Å². The number of fused-ring (bicyclic) bond motifs is 12. The molecule has 2 aliphatic heterocycles. The van der Waals surface area contributed by atoms with E-state index in [0.29, 0.717) is 32.1 Å². The summed E-state index contributed by atoms with van der Waals surface area (Å²) in [4.78, 5) is 27.3. The number of rotatable bonds is 0. The van der Waals surface area contributed by atoms with Crippen LogP contribution in [-0.2, 0) is 9.59 Å². The lowest BCUT2D eigenvalue weighted by Gasteiger charge is -2.53. The van der Waals surface area contributed by atoms with Gasteiger partial charge in [0, 0.05) is 23.7 Å². The second kappa shape index (κ2) is 8.95. The molecule has 0 aromatic heterocycles. The number of anilines is 4. The molecule has 4 aromatic carbocycles. The van der Waals surface area contributed by atoms with E-state index in [1.807, 2.05) is 0 Å². The van der Waals surface area contributed by atoms with Crippen LogP contribution in [0.5, 0.6) is 0 Å². The number of halogens is 6. The summed E-state index contributed by atoms with van der Waals surface area (Å²) in [5, 5.41) is 0. The number of benzene rings is 4. The molecule has 212 valence electrons. The number of hydrogen-bond donors (Lipinski definition) is 0. The summed E-state index contributed by atoms with van der Waals surface area (Å²) in [6.07, 6.45) is -10.3. The second-order valence-electron chi connectivity index (χ2n) is 10.6. The maximum atomic E-state index is 14.0. The van der Waals surface area contributed by atoms with Crippen molar-refractivity contribution in [3.8, 4) is 0 Å². The molecule has 1 aliphatic carbocycles. The minimum absolute atomic E-state index is 0.0662. The van der Waals surface area contributed by atoms with Gasteiger partial charge in [0.25, 0.3) is 0 Å². The highest BCUT2D eigenvalue weighted by Crippen LogP contribution is 2.72. The van der Waals surface area contributed by atoms with E-state index in [-0.39, 0.29) is 22.7 Å². The van der Waals surface area contributed by atoms with Crippen LogP contribution in [0.1, 0.15) is 45.9 Å². The van der Waals surface area contributed by atoms with Crippen molar-refractivity contribution in [1.29, 1.82) is 0 Å². The normalized spacial score (nSPS) is 22.1. The first-order chi connectivity index (χ1) is 20.0. The Morgan fingerprint density at radius 1 is 0.429 bits per heavy atom. The van der Waals surface area contributed by atoms with E-state index in [9.17, 15) is 35.9 Å². The van der Waals surface area contributed by atoms with Gasteiger partial charge in [-0.15, -0.1) is 0 Å². The predicted molar refractivity (Wildman–Crippen MR) is 143 cm³/mol. The molecule has 7 rings (SSSR count). The Kier molecular flexibility index (Phi) is 5.60. The van der Waals surface area contributed by atoms with Crippen LogP contribution >= 0.6 is 0 Å². The molecule has 2 heterocycles. The van der Waals surface area contributed by atoms with Crippen LogP contribution < -0.4 is 9.80 Å². The van der Waals surface area contributed by atoms with Crippen molar-refractivity contribution < 1.29 is 35.9 Å². The number of hydrogen-bond acceptors (Lipinski definition) is 2. The summed E-state index contributed by atoms with van der Waals surface area (Å²) in [5.74, 6) is -6.09. The predicted octanol–water partition coefficient (Wildman–Crippen LogP) is 8.22. The first kappa shape index (κ1) is 26.3. The van der Waals surface area contributed by atoms with Gasteiger partial charge in [-0.3, -0.25) is 19.4 Å². The number of alkyl halides is 6. The van der Waals surface area contributed by atoms with Crippen LogP contribution in [0.25, 0.3) is 0 Å². The van der Waals surface area contributed by atoms with Gasteiger partial charge in [-0.25, -0.2) is 0 Å². The van der Waals surface area contributed by atoms with Gasteiger partial charge >= 0.3 is 24.2 Å². The maximum Gasteiger partial charge on any atom is 0.472 e. The molecule has 1 fully saturated rings.